The molecule has 6 rings (SSSR count). The van der Waals surface area contributed by atoms with Crippen LogP contribution in [0.1, 0.15) is 47.8 Å². The minimum absolute atomic E-state index is 0.162. The van der Waals surface area contributed by atoms with Crippen LogP contribution < -0.4 is 20.4 Å². The van der Waals surface area contributed by atoms with Crippen molar-refractivity contribution >= 4 is 34.7 Å². The van der Waals surface area contributed by atoms with Gasteiger partial charge in [0.25, 0.3) is 0 Å². The standard InChI is InChI=1S/C30H33N7O2/c1-3-4-7-24-26(38)23-19-32-29(33-21-9-11-22(12-10-21)36-17-15-31-16-18-36)35-28(23)37(24)25-13-8-20-6-5-14-30(2,39)27(20)34-25/h3,7-13,19,31,39H,1,4-6,14-18H2,2H3,(H,32,33,35)/t30-/m1/s1. The number of ketones is 1. The number of nitrogens with one attached hydrogen (secondary N) is 2. The first-order valence-electron chi connectivity index (χ1n) is 13.5. The van der Waals surface area contributed by atoms with Gasteiger partial charge in [0.15, 0.2) is 5.82 Å². The molecule has 1 saturated heterocycles. The molecule has 1 aromatic carbocycles. The van der Waals surface area contributed by atoms with E-state index in [2.05, 4.69) is 39.2 Å². The number of benzene rings is 1. The van der Waals surface area contributed by atoms with Gasteiger partial charge in [-0.2, -0.15) is 4.98 Å². The van der Waals surface area contributed by atoms with E-state index in [1.807, 2.05) is 30.3 Å². The Bertz CT molecular complexity index is 1440. The quantitative estimate of drug-likeness (QED) is 0.321. The summed E-state index contributed by atoms with van der Waals surface area (Å²) >= 11 is 0. The third kappa shape index (κ3) is 4.79. The van der Waals surface area contributed by atoms with E-state index in [1.54, 1.807) is 24.1 Å². The van der Waals surface area contributed by atoms with Crippen LogP contribution >= 0.6 is 0 Å². The highest BCUT2D eigenvalue weighted by molar-refractivity contribution is 6.19. The Labute approximate surface area is 228 Å². The van der Waals surface area contributed by atoms with Gasteiger partial charge in [0.2, 0.25) is 11.7 Å². The summed E-state index contributed by atoms with van der Waals surface area (Å²) in [4.78, 5) is 31.6. The Balaban J connectivity index is 1.34. The van der Waals surface area contributed by atoms with E-state index in [-0.39, 0.29) is 5.78 Å². The van der Waals surface area contributed by atoms with Crippen molar-refractivity contribution < 1.29 is 9.90 Å². The van der Waals surface area contributed by atoms with E-state index in [1.165, 1.54) is 5.69 Å². The van der Waals surface area contributed by atoms with Crippen LogP contribution in [-0.2, 0) is 12.0 Å². The number of hydrogen-bond acceptors (Lipinski definition) is 9. The molecule has 2 aromatic heterocycles. The molecular formula is C30H33N7O2. The molecule has 9 heteroatoms. The number of aromatic nitrogens is 3. The molecular weight excluding hydrogens is 490 g/mol. The third-order valence-corrected chi connectivity index (χ3v) is 7.60. The van der Waals surface area contributed by atoms with Crippen LogP contribution in [0.4, 0.5) is 29.0 Å². The number of aryl methyl sites for hydroxylation is 1. The van der Waals surface area contributed by atoms with E-state index in [4.69, 9.17) is 9.97 Å². The van der Waals surface area contributed by atoms with Crippen LogP contribution in [-0.4, -0.2) is 52.0 Å². The second-order valence-corrected chi connectivity index (χ2v) is 10.4. The maximum atomic E-state index is 13.4. The molecule has 9 nitrogen and oxygen atoms in total. The maximum Gasteiger partial charge on any atom is 0.229 e. The summed E-state index contributed by atoms with van der Waals surface area (Å²) < 4.78 is 0. The second kappa shape index (κ2) is 10.2. The highest BCUT2D eigenvalue weighted by Gasteiger charge is 2.38. The van der Waals surface area contributed by atoms with Crippen molar-refractivity contribution in [2.24, 2.45) is 0 Å². The summed E-state index contributed by atoms with van der Waals surface area (Å²) in [5.41, 5.74) is 3.58. The van der Waals surface area contributed by atoms with Gasteiger partial charge in [-0.15, -0.1) is 6.58 Å². The molecule has 0 unspecified atom stereocenters. The van der Waals surface area contributed by atoms with Crippen molar-refractivity contribution in [1.82, 2.24) is 20.3 Å². The SMILES string of the molecule is C=CCC=C1C(=O)c2cnc(Nc3ccc(N4CCNCC4)cc3)nc2N1c1ccc2c(n1)[C@](C)(O)CCC2. The average Bonchev–Trinajstić information content (AvgIpc) is 3.23. The van der Waals surface area contributed by atoms with Crippen molar-refractivity contribution in [1.29, 1.82) is 0 Å². The Morgan fingerprint density at radius 3 is 2.72 bits per heavy atom. The molecule has 1 atom stereocenters. The molecule has 3 N–H and O–H groups in total. The smallest absolute Gasteiger partial charge is 0.229 e. The summed E-state index contributed by atoms with van der Waals surface area (Å²) in [7, 11) is 0. The number of hydrogen-bond donors (Lipinski definition) is 3. The number of aliphatic hydroxyl groups is 1. The van der Waals surface area contributed by atoms with Crippen LogP contribution in [0.2, 0.25) is 0 Å². The zero-order valence-electron chi connectivity index (χ0n) is 22.2. The molecule has 200 valence electrons. The zero-order valence-corrected chi connectivity index (χ0v) is 22.2. The molecule has 2 aliphatic heterocycles. The number of Topliss-reactive ketones (excluding diaryl/α,β-unsaturated/α-hetero) is 1. The first-order valence-corrected chi connectivity index (χ1v) is 13.5. The van der Waals surface area contributed by atoms with Gasteiger partial charge >= 0.3 is 0 Å². The van der Waals surface area contributed by atoms with Gasteiger partial charge in [0, 0.05) is 43.8 Å². The van der Waals surface area contributed by atoms with E-state index in [9.17, 15) is 9.90 Å². The molecule has 0 saturated carbocycles. The second-order valence-electron chi connectivity index (χ2n) is 10.4. The van der Waals surface area contributed by atoms with Gasteiger partial charge in [-0.05, 0) is 68.5 Å². The Morgan fingerprint density at radius 1 is 1.15 bits per heavy atom. The summed E-state index contributed by atoms with van der Waals surface area (Å²) in [5.74, 6) is 1.23. The highest BCUT2D eigenvalue weighted by Crippen LogP contribution is 2.41. The van der Waals surface area contributed by atoms with E-state index < -0.39 is 5.60 Å². The first kappa shape index (κ1) is 25.2. The minimum atomic E-state index is -1.02. The van der Waals surface area contributed by atoms with Crippen molar-refractivity contribution in [2.45, 2.75) is 38.2 Å². The van der Waals surface area contributed by atoms with Gasteiger partial charge in [-0.25, -0.2) is 9.97 Å². The summed E-state index contributed by atoms with van der Waals surface area (Å²) in [6, 6.07) is 12.1. The van der Waals surface area contributed by atoms with E-state index >= 15 is 0 Å². The van der Waals surface area contributed by atoms with Gasteiger partial charge in [0.1, 0.15) is 11.4 Å². The lowest BCUT2D eigenvalue weighted by Crippen LogP contribution is -2.43. The van der Waals surface area contributed by atoms with Crippen LogP contribution in [0.3, 0.4) is 0 Å². The van der Waals surface area contributed by atoms with Crippen LogP contribution in [0.15, 0.2) is 67.0 Å². The van der Waals surface area contributed by atoms with Gasteiger partial charge in [-0.1, -0.05) is 18.2 Å². The zero-order chi connectivity index (χ0) is 27.0. The summed E-state index contributed by atoms with van der Waals surface area (Å²) in [5, 5.41) is 17.7. The Kier molecular flexibility index (Phi) is 6.62. The number of anilines is 5. The van der Waals surface area contributed by atoms with Gasteiger partial charge < -0.3 is 20.6 Å². The van der Waals surface area contributed by atoms with Crippen molar-refractivity contribution in [3.05, 3.63) is 83.8 Å². The predicted octanol–water partition coefficient (Wildman–Crippen LogP) is 4.36. The average molecular weight is 524 g/mol. The topological polar surface area (TPSA) is 107 Å². The number of fused-ring (bicyclic) bond motifs is 2. The van der Waals surface area contributed by atoms with Gasteiger partial charge in [-0.3, -0.25) is 9.69 Å². The number of pyridine rings is 1. The van der Waals surface area contributed by atoms with E-state index in [0.29, 0.717) is 47.4 Å². The van der Waals surface area contributed by atoms with Crippen molar-refractivity contribution in [3.63, 3.8) is 0 Å². The lowest BCUT2D eigenvalue weighted by molar-refractivity contribution is 0.0341. The largest absolute Gasteiger partial charge is 0.384 e. The van der Waals surface area contributed by atoms with Crippen molar-refractivity contribution in [3.8, 4) is 0 Å². The van der Waals surface area contributed by atoms with E-state index in [0.717, 1.165) is 50.3 Å². The molecule has 1 aliphatic carbocycles. The lowest BCUT2D eigenvalue weighted by Gasteiger charge is -2.31. The lowest BCUT2D eigenvalue weighted by atomic mass is 9.84. The Hall–Kier alpha value is -4.08. The molecule has 3 aliphatic rings. The number of carbonyl (C=O) groups is 1. The first-order chi connectivity index (χ1) is 18.9. The normalized spacial score (nSPS) is 21.6. The minimum Gasteiger partial charge on any atom is -0.384 e. The molecule has 0 bridgehead atoms. The number of allylic oxidation sites excluding steroid dienone is 3. The number of carbonyl (C=O) groups excluding carboxylic acids is 1. The highest BCUT2D eigenvalue weighted by atomic mass is 16.3. The third-order valence-electron chi connectivity index (χ3n) is 7.60. The molecule has 39 heavy (non-hydrogen) atoms. The van der Waals surface area contributed by atoms with Crippen LogP contribution in [0, 0.1) is 0 Å². The molecule has 4 heterocycles. The molecule has 3 aromatic rings. The molecule has 0 spiro atoms. The fourth-order valence-electron chi connectivity index (χ4n) is 5.55. The summed E-state index contributed by atoms with van der Waals surface area (Å²) in [6.45, 7) is 9.54. The van der Waals surface area contributed by atoms with Gasteiger partial charge in [0.05, 0.1) is 17.0 Å². The predicted molar refractivity (Wildman–Crippen MR) is 153 cm³/mol. The number of piperazine rings is 1. The maximum absolute atomic E-state index is 13.4. The molecule has 0 amide bonds. The number of rotatable bonds is 6. The van der Waals surface area contributed by atoms with Crippen molar-refractivity contribution in [2.75, 3.05) is 41.3 Å². The fraction of sp³-hybridized carbons (Fsp3) is 0.333. The Morgan fingerprint density at radius 2 is 1.95 bits per heavy atom. The number of nitrogens with zero attached hydrogens (tertiary/aromatic N) is 5. The van der Waals surface area contributed by atoms with Crippen LogP contribution in [0.25, 0.3) is 0 Å². The monoisotopic (exact) mass is 523 g/mol. The molecule has 0 radical (unpaired) electrons. The molecule has 1 fully saturated rings. The fourth-order valence-corrected chi connectivity index (χ4v) is 5.55. The summed E-state index contributed by atoms with van der Waals surface area (Å²) in [6.07, 6.45) is 8.10. The van der Waals surface area contributed by atoms with Crippen LogP contribution in [0.5, 0.6) is 0 Å².